The fraction of sp³-hybridized carbons (Fsp3) is 0.464. The summed E-state index contributed by atoms with van der Waals surface area (Å²) in [6, 6.07) is 9.97. The second-order valence-electron chi connectivity index (χ2n) is 10.2. The maximum Gasteiger partial charge on any atom is 0.323 e. The van der Waals surface area contributed by atoms with Gasteiger partial charge < -0.3 is 25.7 Å². The minimum atomic E-state index is -1.16. The number of aliphatic carboxylic acids is 1. The van der Waals surface area contributed by atoms with Crippen LogP contribution in [0.25, 0.3) is 0 Å². The molecule has 4 N–H and O–H groups in total. The summed E-state index contributed by atoms with van der Waals surface area (Å²) in [5, 5.41) is 26.3. The first-order chi connectivity index (χ1) is 17.9. The molecule has 8 nitrogen and oxygen atoms in total. The number of aliphatic hydroxyl groups excluding tert-OH is 1. The number of aliphatic hydroxyl groups is 1. The summed E-state index contributed by atoms with van der Waals surface area (Å²) in [5.41, 5.74) is 1.29. The molecular weight excluding hydrogens is 496 g/mol. The average Bonchev–Trinajstić information content (AvgIpc) is 2.82. The van der Waals surface area contributed by atoms with E-state index in [9.17, 15) is 28.3 Å². The Morgan fingerprint density at radius 3 is 2.39 bits per heavy atom. The van der Waals surface area contributed by atoms with Crippen molar-refractivity contribution in [3.05, 3.63) is 70.8 Å². The molecule has 1 fully saturated rings. The number of rotatable bonds is 11. The van der Waals surface area contributed by atoms with Crippen molar-refractivity contribution in [1.82, 2.24) is 15.5 Å². The van der Waals surface area contributed by atoms with Crippen molar-refractivity contribution in [3.63, 3.8) is 0 Å². The van der Waals surface area contributed by atoms with Crippen molar-refractivity contribution < 1.29 is 33.4 Å². The van der Waals surface area contributed by atoms with Crippen molar-refractivity contribution in [2.45, 2.75) is 63.6 Å². The van der Waals surface area contributed by atoms with Gasteiger partial charge in [-0.3, -0.25) is 14.4 Å². The molecule has 1 aliphatic rings. The Kier molecular flexibility index (Phi) is 9.56. The molecule has 0 bridgehead atoms. The van der Waals surface area contributed by atoms with E-state index in [1.165, 1.54) is 11.8 Å². The van der Waals surface area contributed by atoms with E-state index in [-0.39, 0.29) is 43.3 Å². The van der Waals surface area contributed by atoms with Crippen molar-refractivity contribution in [3.8, 4) is 0 Å². The molecule has 0 unspecified atom stereocenters. The third-order valence-corrected chi connectivity index (χ3v) is 6.93. The quantitative estimate of drug-likeness (QED) is 0.354. The number of nitrogens with zero attached hydrogens (tertiary/aromatic N) is 1. The highest BCUT2D eigenvalue weighted by Gasteiger charge is 2.41. The minimum Gasteiger partial charge on any atom is -0.480 e. The van der Waals surface area contributed by atoms with Gasteiger partial charge in [0, 0.05) is 32.5 Å². The van der Waals surface area contributed by atoms with Crippen LogP contribution in [0.15, 0.2) is 42.5 Å². The predicted octanol–water partition coefficient (Wildman–Crippen LogP) is 2.69. The van der Waals surface area contributed by atoms with E-state index in [0.29, 0.717) is 6.42 Å². The summed E-state index contributed by atoms with van der Waals surface area (Å²) in [7, 11) is 0. The van der Waals surface area contributed by atoms with Crippen LogP contribution in [0.3, 0.4) is 0 Å². The van der Waals surface area contributed by atoms with Gasteiger partial charge in [0.1, 0.15) is 18.2 Å². The number of carbonyl (C=O) groups is 3. The van der Waals surface area contributed by atoms with Crippen molar-refractivity contribution >= 4 is 17.8 Å². The standard InChI is InChI=1S/C28H35F2N3O5/c1-17(2)20-5-4-6-21(12-20)28(7-8-33(16-27(37)38)26(36)14-28)31-15-25(35)24(32-18(3)34)11-19-9-22(29)13-23(30)10-19/h4-6,9-10,12-13,17,24-25,31,35H,7-8,11,14-16H2,1-3H3,(H,32,34)(H,37,38)/t24-,25+,28+/m0/s1. The lowest BCUT2D eigenvalue weighted by Gasteiger charge is -2.43. The minimum absolute atomic E-state index is 0.0156. The Morgan fingerprint density at radius 1 is 1.13 bits per heavy atom. The maximum atomic E-state index is 13.7. The topological polar surface area (TPSA) is 119 Å². The SMILES string of the molecule is CC(=O)N[C@@H](Cc1cc(F)cc(F)c1)[C@H](O)CN[C@]1(c2cccc(C(C)C)c2)CCN(CC(=O)O)C(=O)C1. The molecule has 1 heterocycles. The van der Waals surface area contributed by atoms with Gasteiger partial charge in [-0.2, -0.15) is 0 Å². The zero-order valence-electron chi connectivity index (χ0n) is 21.8. The lowest BCUT2D eigenvalue weighted by Crippen LogP contribution is -2.57. The molecule has 3 rings (SSSR count). The molecule has 1 aliphatic heterocycles. The van der Waals surface area contributed by atoms with E-state index in [1.807, 2.05) is 24.3 Å². The first-order valence-electron chi connectivity index (χ1n) is 12.6. The molecular formula is C28H35F2N3O5. The Balaban J connectivity index is 1.86. The van der Waals surface area contributed by atoms with Crippen LogP contribution >= 0.6 is 0 Å². The van der Waals surface area contributed by atoms with Gasteiger partial charge in [-0.05, 0) is 47.6 Å². The number of benzene rings is 2. The molecule has 0 aliphatic carbocycles. The number of hydrogen-bond donors (Lipinski definition) is 4. The second-order valence-corrected chi connectivity index (χ2v) is 10.2. The molecule has 206 valence electrons. The van der Waals surface area contributed by atoms with E-state index in [0.717, 1.165) is 29.3 Å². The lowest BCUT2D eigenvalue weighted by molar-refractivity contribution is -0.147. The largest absolute Gasteiger partial charge is 0.480 e. The Morgan fingerprint density at radius 2 is 1.82 bits per heavy atom. The number of piperidine rings is 1. The average molecular weight is 532 g/mol. The molecule has 0 aromatic heterocycles. The zero-order valence-corrected chi connectivity index (χ0v) is 21.8. The highest BCUT2D eigenvalue weighted by atomic mass is 19.1. The summed E-state index contributed by atoms with van der Waals surface area (Å²) in [5.74, 6) is -3.12. The fourth-order valence-electron chi connectivity index (χ4n) is 4.90. The third kappa shape index (κ3) is 7.58. The van der Waals surface area contributed by atoms with Crippen molar-refractivity contribution in [1.29, 1.82) is 0 Å². The van der Waals surface area contributed by atoms with Gasteiger partial charge in [0.15, 0.2) is 0 Å². The van der Waals surface area contributed by atoms with Crippen LogP contribution in [-0.4, -0.2) is 64.7 Å². The highest BCUT2D eigenvalue weighted by molar-refractivity contribution is 5.83. The number of carboxylic acids is 1. The van der Waals surface area contributed by atoms with Crippen LogP contribution in [0.5, 0.6) is 0 Å². The van der Waals surface area contributed by atoms with Crippen LogP contribution in [-0.2, 0) is 26.3 Å². The van der Waals surface area contributed by atoms with Gasteiger partial charge in [-0.25, -0.2) is 8.78 Å². The molecule has 3 atom stereocenters. The number of carboxylic acid groups (broad SMARTS) is 1. The molecule has 10 heteroatoms. The van der Waals surface area contributed by atoms with Crippen LogP contribution in [0, 0.1) is 11.6 Å². The van der Waals surface area contributed by atoms with Crippen molar-refractivity contribution in [2.75, 3.05) is 19.6 Å². The number of hydrogen-bond acceptors (Lipinski definition) is 5. The van der Waals surface area contributed by atoms with E-state index in [1.54, 1.807) is 0 Å². The van der Waals surface area contributed by atoms with Crippen LogP contribution in [0.2, 0.25) is 0 Å². The summed E-state index contributed by atoms with van der Waals surface area (Å²) in [6.45, 7) is 5.17. The number of nitrogens with one attached hydrogen (secondary N) is 2. The number of likely N-dealkylation sites (tertiary alicyclic amines) is 1. The maximum absolute atomic E-state index is 13.7. The molecule has 2 aromatic carbocycles. The summed E-state index contributed by atoms with van der Waals surface area (Å²) in [4.78, 5) is 37.4. The molecule has 0 radical (unpaired) electrons. The number of amides is 2. The Bertz CT molecular complexity index is 1150. The van der Waals surface area contributed by atoms with Gasteiger partial charge >= 0.3 is 5.97 Å². The van der Waals surface area contributed by atoms with Crippen LogP contribution in [0.4, 0.5) is 8.78 Å². The normalized spacial score (nSPS) is 19.3. The molecule has 0 saturated carbocycles. The molecule has 2 amide bonds. The van der Waals surface area contributed by atoms with E-state index < -0.39 is 47.7 Å². The third-order valence-electron chi connectivity index (χ3n) is 6.93. The number of halogens is 2. The Labute approximate surface area is 221 Å². The van der Waals surface area contributed by atoms with E-state index in [2.05, 4.69) is 24.5 Å². The van der Waals surface area contributed by atoms with Crippen molar-refractivity contribution in [2.24, 2.45) is 0 Å². The highest BCUT2D eigenvalue weighted by Crippen LogP contribution is 2.35. The van der Waals surface area contributed by atoms with Gasteiger partial charge in [0.2, 0.25) is 11.8 Å². The Hall–Kier alpha value is -3.37. The first kappa shape index (κ1) is 29.2. The zero-order chi connectivity index (χ0) is 28.0. The predicted molar refractivity (Wildman–Crippen MR) is 137 cm³/mol. The summed E-state index contributed by atoms with van der Waals surface area (Å²) >= 11 is 0. The monoisotopic (exact) mass is 531 g/mol. The van der Waals surface area contributed by atoms with E-state index in [4.69, 9.17) is 5.11 Å². The van der Waals surface area contributed by atoms with Gasteiger partial charge in [0.05, 0.1) is 17.7 Å². The fourth-order valence-corrected chi connectivity index (χ4v) is 4.90. The summed E-state index contributed by atoms with van der Waals surface area (Å²) in [6.07, 6.45) is -0.796. The van der Waals surface area contributed by atoms with Crippen LogP contribution in [0.1, 0.15) is 56.2 Å². The smallest absolute Gasteiger partial charge is 0.323 e. The lowest BCUT2D eigenvalue weighted by atomic mass is 9.79. The van der Waals surface area contributed by atoms with Gasteiger partial charge in [-0.15, -0.1) is 0 Å². The number of carbonyl (C=O) groups excluding carboxylic acids is 2. The first-order valence-corrected chi connectivity index (χ1v) is 12.6. The molecule has 2 aromatic rings. The van der Waals surface area contributed by atoms with Crippen LogP contribution < -0.4 is 10.6 Å². The van der Waals surface area contributed by atoms with Gasteiger partial charge in [0.25, 0.3) is 0 Å². The summed E-state index contributed by atoms with van der Waals surface area (Å²) < 4.78 is 27.5. The van der Waals surface area contributed by atoms with E-state index >= 15 is 0 Å². The molecule has 0 spiro atoms. The molecule has 1 saturated heterocycles. The molecule has 38 heavy (non-hydrogen) atoms. The second kappa shape index (κ2) is 12.4. The van der Waals surface area contributed by atoms with Gasteiger partial charge in [-0.1, -0.05) is 38.1 Å².